The number of nitro groups is 1. The SMILES string of the molecule is CC1(C)CN(Cc2c(Br)cccc2[N+](=O)[O-])CC(C)(C)O1. The summed E-state index contributed by atoms with van der Waals surface area (Å²) in [6.45, 7) is 10.2. The first-order valence-electron chi connectivity index (χ1n) is 6.94. The number of hydrogen-bond acceptors (Lipinski definition) is 4. The van der Waals surface area contributed by atoms with Crippen molar-refractivity contribution in [1.82, 2.24) is 4.90 Å². The summed E-state index contributed by atoms with van der Waals surface area (Å²) in [5, 5.41) is 11.2. The van der Waals surface area contributed by atoms with Crippen LogP contribution in [0.4, 0.5) is 5.69 Å². The Morgan fingerprint density at radius 1 is 1.29 bits per heavy atom. The summed E-state index contributed by atoms with van der Waals surface area (Å²) in [7, 11) is 0. The summed E-state index contributed by atoms with van der Waals surface area (Å²) in [6, 6.07) is 5.09. The second-order valence-electron chi connectivity index (χ2n) is 6.76. The average molecular weight is 357 g/mol. The predicted molar refractivity (Wildman–Crippen MR) is 85.3 cm³/mol. The first-order valence-corrected chi connectivity index (χ1v) is 7.73. The van der Waals surface area contributed by atoms with Gasteiger partial charge in [0.15, 0.2) is 0 Å². The fourth-order valence-corrected chi connectivity index (χ4v) is 3.64. The zero-order valence-corrected chi connectivity index (χ0v) is 14.4. The minimum absolute atomic E-state index is 0.159. The first kappa shape index (κ1) is 16.4. The van der Waals surface area contributed by atoms with Crippen LogP contribution in [0.25, 0.3) is 0 Å². The van der Waals surface area contributed by atoms with Crippen molar-refractivity contribution < 1.29 is 9.66 Å². The topological polar surface area (TPSA) is 55.6 Å². The third-order valence-corrected chi connectivity index (χ3v) is 4.18. The number of benzene rings is 1. The van der Waals surface area contributed by atoms with Crippen LogP contribution in [0, 0.1) is 10.1 Å². The van der Waals surface area contributed by atoms with Crippen molar-refractivity contribution in [2.75, 3.05) is 13.1 Å². The molecule has 0 unspecified atom stereocenters. The highest BCUT2D eigenvalue weighted by Gasteiger charge is 2.38. The Kier molecular flexibility index (Phi) is 4.42. The minimum atomic E-state index is -0.323. The van der Waals surface area contributed by atoms with Crippen molar-refractivity contribution >= 4 is 21.6 Å². The molecule has 0 spiro atoms. The summed E-state index contributed by atoms with van der Waals surface area (Å²) in [5.41, 5.74) is 0.345. The van der Waals surface area contributed by atoms with E-state index in [-0.39, 0.29) is 21.8 Å². The van der Waals surface area contributed by atoms with Crippen molar-refractivity contribution in [2.45, 2.75) is 45.4 Å². The van der Waals surface area contributed by atoms with E-state index >= 15 is 0 Å². The Labute approximate surface area is 133 Å². The molecule has 21 heavy (non-hydrogen) atoms. The van der Waals surface area contributed by atoms with Crippen LogP contribution in [0.2, 0.25) is 0 Å². The van der Waals surface area contributed by atoms with Crippen molar-refractivity contribution in [2.24, 2.45) is 0 Å². The Morgan fingerprint density at radius 3 is 2.38 bits per heavy atom. The third-order valence-electron chi connectivity index (χ3n) is 3.43. The van der Waals surface area contributed by atoms with Gasteiger partial charge in [0.1, 0.15) is 0 Å². The number of ether oxygens (including phenoxy) is 1. The van der Waals surface area contributed by atoms with Gasteiger partial charge in [-0.05, 0) is 33.8 Å². The van der Waals surface area contributed by atoms with E-state index in [0.29, 0.717) is 6.54 Å². The number of hydrogen-bond donors (Lipinski definition) is 0. The first-order chi connectivity index (χ1) is 9.60. The van der Waals surface area contributed by atoms with E-state index < -0.39 is 0 Å². The molecule has 0 amide bonds. The molecule has 1 aliphatic rings. The van der Waals surface area contributed by atoms with Gasteiger partial charge in [0.05, 0.1) is 21.7 Å². The fraction of sp³-hybridized carbons (Fsp3) is 0.600. The maximum absolute atomic E-state index is 11.2. The molecule has 0 aromatic heterocycles. The second kappa shape index (κ2) is 5.66. The summed E-state index contributed by atoms with van der Waals surface area (Å²) < 4.78 is 6.83. The largest absolute Gasteiger partial charge is 0.367 e. The average Bonchev–Trinajstić information content (AvgIpc) is 2.27. The van der Waals surface area contributed by atoms with Crippen molar-refractivity contribution in [3.05, 3.63) is 38.3 Å². The number of morpholine rings is 1. The van der Waals surface area contributed by atoms with Crippen LogP contribution >= 0.6 is 15.9 Å². The molecule has 1 fully saturated rings. The second-order valence-corrected chi connectivity index (χ2v) is 7.62. The molecular weight excluding hydrogens is 336 g/mol. The van der Waals surface area contributed by atoms with Gasteiger partial charge in [-0.3, -0.25) is 15.0 Å². The predicted octanol–water partition coefficient (Wildman–Crippen LogP) is 3.75. The smallest absolute Gasteiger partial charge is 0.275 e. The number of nitrogens with zero attached hydrogens (tertiary/aromatic N) is 2. The van der Waals surface area contributed by atoms with E-state index in [1.807, 2.05) is 6.07 Å². The lowest BCUT2D eigenvalue weighted by Crippen LogP contribution is -2.56. The molecule has 1 heterocycles. The standard InChI is InChI=1S/C15H21BrN2O3/c1-14(2)9-17(10-15(3,4)21-14)8-11-12(16)6-5-7-13(11)18(19)20/h5-7H,8-10H2,1-4H3. The molecule has 1 aromatic carbocycles. The molecule has 116 valence electrons. The van der Waals surface area contributed by atoms with E-state index in [2.05, 4.69) is 48.5 Å². The van der Waals surface area contributed by atoms with Crippen LogP contribution < -0.4 is 0 Å². The molecule has 6 heteroatoms. The van der Waals surface area contributed by atoms with Crippen molar-refractivity contribution in [3.63, 3.8) is 0 Å². The molecule has 5 nitrogen and oxygen atoms in total. The van der Waals surface area contributed by atoms with Crippen LogP contribution in [0.15, 0.2) is 22.7 Å². The zero-order valence-electron chi connectivity index (χ0n) is 12.9. The molecular formula is C15H21BrN2O3. The number of halogens is 1. The maximum atomic E-state index is 11.2. The molecule has 0 saturated carbocycles. The van der Waals surface area contributed by atoms with Crippen LogP contribution in [0.5, 0.6) is 0 Å². The van der Waals surface area contributed by atoms with Gasteiger partial charge in [0.25, 0.3) is 5.69 Å². The van der Waals surface area contributed by atoms with Crippen LogP contribution in [0.1, 0.15) is 33.3 Å². The lowest BCUT2D eigenvalue weighted by molar-refractivity contribution is -0.385. The molecule has 0 N–H and O–H groups in total. The highest BCUT2D eigenvalue weighted by Crippen LogP contribution is 2.32. The van der Waals surface area contributed by atoms with E-state index in [0.717, 1.165) is 23.1 Å². The summed E-state index contributed by atoms with van der Waals surface area (Å²) in [5.74, 6) is 0. The summed E-state index contributed by atoms with van der Waals surface area (Å²) in [4.78, 5) is 13.1. The molecule has 0 aliphatic carbocycles. The molecule has 0 bridgehead atoms. The molecule has 1 aromatic rings. The number of rotatable bonds is 3. The zero-order chi connectivity index (χ0) is 15.8. The highest BCUT2D eigenvalue weighted by atomic mass is 79.9. The lowest BCUT2D eigenvalue weighted by Gasteiger charge is -2.47. The molecule has 1 saturated heterocycles. The quantitative estimate of drug-likeness (QED) is 0.611. The minimum Gasteiger partial charge on any atom is -0.367 e. The van der Waals surface area contributed by atoms with Crippen LogP contribution in [0.3, 0.4) is 0 Å². The molecule has 0 radical (unpaired) electrons. The summed E-state index contributed by atoms with van der Waals surface area (Å²) in [6.07, 6.45) is 0. The van der Waals surface area contributed by atoms with E-state index in [1.54, 1.807) is 12.1 Å². The van der Waals surface area contributed by atoms with Gasteiger partial charge in [-0.15, -0.1) is 0 Å². The molecule has 0 atom stereocenters. The van der Waals surface area contributed by atoms with Crippen LogP contribution in [-0.4, -0.2) is 34.1 Å². The Hall–Kier alpha value is -0.980. The Bertz CT molecular complexity index is 542. The Morgan fingerprint density at radius 2 is 1.86 bits per heavy atom. The van der Waals surface area contributed by atoms with Crippen LogP contribution in [-0.2, 0) is 11.3 Å². The van der Waals surface area contributed by atoms with Gasteiger partial charge in [-0.2, -0.15) is 0 Å². The fourth-order valence-electron chi connectivity index (χ4n) is 3.16. The normalized spacial score (nSPS) is 21.2. The molecule has 1 aliphatic heterocycles. The molecule has 2 rings (SSSR count). The van der Waals surface area contributed by atoms with Gasteiger partial charge >= 0.3 is 0 Å². The van der Waals surface area contributed by atoms with E-state index in [9.17, 15) is 10.1 Å². The van der Waals surface area contributed by atoms with Gasteiger partial charge in [-0.1, -0.05) is 22.0 Å². The van der Waals surface area contributed by atoms with E-state index in [4.69, 9.17) is 4.74 Å². The monoisotopic (exact) mass is 356 g/mol. The van der Waals surface area contributed by atoms with Gasteiger partial charge in [-0.25, -0.2) is 0 Å². The van der Waals surface area contributed by atoms with Crippen molar-refractivity contribution in [1.29, 1.82) is 0 Å². The van der Waals surface area contributed by atoms with E-state index in [1.165, 1.54) is 0 Å². The van der Waals surface area contributed by atoms with Gasteiger partial charge < -0.3 is 4.74 Å². The van der Waals surface area contributed by atoms with Gasteiger partial charge in [0.2, 0.25) is 0 Å². The maximum Gasteiger partial charge on any atom is 0.275 e. The Balaban J connectivity index is 2.28. The van der Waals surface area contributed by atoms with Gasteiger partial charge in [0, 0.05) is 30.2 Å². The van der Waals surface area contributed by atoms with Crippen molar-refractivity contribution in [3.8, 4) is 0 Å². The third kappa shape index (κ3) is 4.02. The lowest BCUT2D eigenvalue weighted by atomic mass is 9.98. The number of nitro benzene ring substituents is 1. The summed E-state index contributed by atoms with van der Waals surface area (Å²) >= 11 is 3.44. The highest BCUT2D eigenvalue weighted by molar-refractivity contribution is 9.10.